The normalized spacial score (nSPS) is 18.9. The van der Waals surface area contributed by atoms with Gasteiger partial charge in [0.1, 0.15) is 11.8 Å². The van der Waals surface area contributed by atoms with Gasteiger partial charge in [-0.25, -0.2) is 0 Å². The largest absolute Gasteiger partial charge is 0.760 e. The van der Waals surface area contributed by atoms with E-state index in [-0.39, 0.29) is 43.5 Å². The molecule has 3 aromatic rings. The number of fused-ring (bicyclic) bond motifs is 5. The van der Waals surface area contributed by atoms with E-state index in [0.717, 1.165) is 27.2 Å². The standard InChI is InChI=1S/C30H23BN4O6/c1-16-19-8-2-3-11-22(19)31-34(16)15-18-7-5-10-21(26(18)41-31)27(37)32-14-17-6-4-9-20-25(17)30(40)35(29(20)39)23-12-13-24(36)33-28(23)38/h2-11,23H,12-15H2,1H3,(H-,32,33,36,37,38)/p+1. The molecule has 1 fully saturated rings. The van der Waals surface area contributed by atoms with E-state index in [9.17, 15) is 24.0 Å². The summed E-state index contributed by atoms with van der Waals surface area (Å²) in [6.07, 6.45) is 0.111. The van der Waals surface area contributed by atoms with Gasteiger partial charge >= 0.3 is 7.05 Å². The van der Waals surface area contributed by atoms with Crippen LogP contribution in [0, 0.1) is 0 Å². The lowest BCUT2D eigenvalue weighted by Crippen LogP contribution is -2.54. The van der Waals surface area contributed by atoms with Crippen molar-refractivity contribution in [3.63, 3.8) is 0 Å². The van der Waals surface area contributed by atoms with Crippen LogP contribution in [0.4, 0.5) is 0 Å². The smallest absolute Gasteiger partial charge is 0.495 e. The Morgan fingerprint density at radius 2 is 1.80 bits per heavy atom. The average molecular weight is 547 g/mol. The van der Waals surface area contributed by atoms with E-state index in [4.69, 9.17) is 4.65 Å². The molecule has 1 atom stereocenters. The number of rotatable bonds is 4. The zero-order valence-corrected chi connectivity index (χ0v) is 22.1. The molecular weight excluding hydrogens is 523 g/mol. The zero-order chi connectivity index (χ0) is 28.4. The second kappa shape index (κ2) is 9.26. The number of piperidine rings is 1. The summed E-state index contributed by atoms with van der Waals surface area (Å²) >= 11 is 0. The van der Waals surface area contributed by atoms with E-state index in [0.29, 0.717) is 23.4 Å². The first-order chi connectivity index (χ1) is 19.8. The van der Waals surface area contributed by atoms with Gasteiger partial charge in [0.25, 0.3) is 17.7 Å². The maximum atomic E-state index is 13.5. The minimum atomic E-state index is -1.06. The van der Waals surface area contributed by atoms with Crippen LogP contribution in [0.25, 0.3) is 0 Å². The van der Waals surface area contributed by atoms with E-state index in [1.807, 2.05) is 30.3 Å². The van der Waals surface area contributed by atoms with E-state index in [1.165, 1.54) is 6.07 Å². The van der Waals surface area contributed by atoms with Gasteiger partial charge in [0.15, 0.2) is 12.3 Å². The van der Waals surface area contributed by atoms with Crippen LogP contribution < -0.4 is 20.8 Å². The van der Waals surface area contributed by atoms with Gasteiger partial charge in [-0.3, -0.25) is 38.7 Å². The fraction of sp³-hybridized carbons (Fsp3) is 0.200. The monoisotopic (exact) mass is 547 g/mol. The summed E-state index contributed by atoms with van der Waals surface area (Å²) in [5.74, 6) is -2.17. The van der Waals surface area contributed by atoms with Crippen molar-refractivity contribution in [1.82, 2.24) is 15.5 Å². The highest BCUT2D eigenvalue weighted by molar-refractivity contribution is 6.65. The highest BCUT2D eigenvalue weighted by atomic mass is 16.5. The third kappa shape index (κ3) is 3.80. The summed E-state index contributed by atoms with van der Waals surface area (Å²) in [5.41, 5.74) is 5.34. The van der Waals surface area contributed by atoms with Crippen molar-refractivity contribution in [2.45, 2.75) is 38.9 Å². The Hall–Kier alpha value is -5.06. The van der Waals surface area contributed by atoms with Gasteiger partial charge in [0, 0.05) is 25.5 Å². The van der Waals surface area contributed by atoms with Crippen molar-refractivity contribution in [3.8, 4) is 5.75 Å². The average Bonchev–Trinajstić information content (AvgIpc) is 3.40. The fourth-order valence-electron chi connectivity index (χ4n) is 6.19. The predicted molar refractivity (Wildman–Crippen MR) is 147 cm³/mol. The van der Waals surface area contributed by atoms with E-state index in [1.54, 1.807) is 18.2 Å². The van der Waals surface area contributed by atoms with Crippen molar-refractivity contribution in [1.29, 1.82) is 0 Å². The van der Waals surface area contributed by atoms with Crippen LogP contribution >= 0.6 is 0 Å². The minimum Gasteiger partial charge on any atom is -0.495 e. The number of nitrogens with zero attached hydrogens (tertiary/aromatic N) is 2. The highest BCUT2D eigenvalue weighted by Gasteiger charge is 2.51. The van der Waals surface area contributed by atoms with Gasteiger partial charge in [-0.05, 0) is 36.2 Å². The molecule has 2 N–H and O–H groups in total. The van der Waals surface area contributed by atoms with Crippen molar-refractivity contribution in [3.05, 3.63) is 94.0 Å². The van der Waals surface area contributed by atoms with E-state index in [2.05, 4.69) is 28.1 Å². The van der Waals surface area contributed by atoms with E-state index < -0.39 is 29.7 Å². The summed E-state index contributed by atoms with van der Waals surface area (Å²) < 4.78 is 8.62. The molecule has 3 aromatic carbocycles. The lowest BCUT2D eigenvalue weighted by molar-refractivity contribution is -0.420. The number of imide groups is 2. The summed E-state index contributed by atoms with van der Waals surface area (Å²) in [7, 11) is -0.327. The van der Waals surface area contributed by atoms with Gasteiger partial charge in [-0.15, -0.1) is 0 Å². The van der Waals surface area contributed by atoms with Crippen molar-refractivity contribution in [2.75, 3.05) is 0 Å². The molecular formula is C30H24BN4O6+. The number of nitrogens with one attached hydrogen (secondary N) is 2. The Bertz CT molecular complexity index is 1770. The second-order valence-electron chi connectivity index (χ2n) is 10.5. The first-order valence-corrected chi connectivity index (χ1v) is 13.4. The van der Waals surface area contributed by atoms with Crippen molar-refractivity contribution < 1.29 is 33.1 Å². The number of carbonyl (C=O) groups is 5. The van der Waals surface area contributed by atoms with Crippen LogP contribution in [0.15, 0.2) is 60.7 Å². The molecule has 0 spiro atoms. The number of amides is 5. The van der Waals surface area contributed by atoms with Crippen LogP contribution in [-0.4, -0.2) is 57.7 Å². The van der Waals surface area contributed by atoms with Crippen LogP contribution in [0.2, 0.25) is 0 Å². The Kier molecular flexibility index (Phi) is 5.63. The SMILES string of the molecule is CC1=[N+]2Cc3cccc(C(=O)NCc4cccc5c4C(=O)N(C4CCC(=O)NC4=O)C5=O)c3OB2c2ccccc21. The Morgan fingerprint density at radius 1 is 1.02 bits per heavy atom. The van der Waals surface area contributed by atoms with Crippen molar-refractivity contribution >= 4 is 47.8 Å². The molecule has 1 unspecified atom stereocenters. The van der Waals surface area contributed by atoms with Crippen LogP contribution in [0.3, 0.4) is 0 Å². The fourth-order valence-corrected chi connectivity index (χ4v) is 6.19. The molecule has 41 heavy (non-hydrogen) atoms. The molecule has 0 bridgehead atoms. The maximum absolute atomic E-state index is 13.5. The summed E-state index contributed by atoms with van der Waals surface area (Å²) in [6, 6.07) is 17.3. The molecule has 0 aliphatic carbocycles. The molecule has 11 heteroatoms. The zero-order valence-electron chi connectivity index (χ0n) is 22.1. The van der Waals surface area contributed by atoms with Gasteiger partial charge < -0.3 is 9.97 Å². The topological polar surface area (TPSA) is 125 Å². The second-order valence-corrected chi connectivity index (χ2v) is 10.5. The molecule has 7 rings (SSSR count). The van der Waals surface area contributed by atoms with E-state index >= 15 is 0 Å². The molecule has 0 aromatic heterocycles. The van der Waals surface area contributed by atoms with Gasteiger partial charge in [0.2, 0.25) is 11.8 Å². The first-order valence-electron chi connectivity index (χ1n) is 13.4. The molecule has 4 aliphatic rings. The first kappa shape index (κ1) is 24.9. The molecule has 4 aliphatic heterocycles. The molecule has 5 amide bonds. The van der Waals surface area contributed by atoms with Gasteiger partial charge in [-0.2, -0.15) is 0 Å². The quantitative estimate of drug-likeness (QED) is 0.373. The predicted octanol–water partition coefficient (Wildman–Crippen LogP) is 1.14. The molecule has 0 radical (unpaired) electrons. The highest BCUT2D eigenvalue weighted by Crippen LogP contribution is 2.33. The molecule has 10 nitrogen and oxygen atoms in total. The number of hydrogen-bond acceptors (Lipinski definition) is 6. The molecule has 4 heterocycles. The van der Waals surface area contributed by atoms with Gasteiger partial charge in [-0.1, -0.05) is 36.4 Å². The number of para-hydroxylation sites is 1. The summed E-state index contributed by atoms with van der Waals surface area (Å²) in [5, 5.41) is 5.08. The van der Waals surface area contributed by atoms with Crippen LogP contribution in [0.1, 0.15) is 67.5 Å². The summed E-state index contributed by atoms with van der Waals surface area (Å²) in [4.78, 5) is 64.9. The number of benzene rings is 3. The number of hydrogen-bond donors (Lipinski definition) is 2. The Balaban J connectivity index is 1.13. The maximum Gasteiger partial charge on any atom is 0.760 e. The minimum absolute atomic E-state index is 0.0147. The lowest BCUT2D eigenvalue weighted by atomic mass is 9.71. The lowest BCUT2D eigenvalue weighted by Gasteiger charge is -2.27. The third-order valence-corrected chi connectivity index (χ3v) is 8.24. The van der Waals surface area contributed by atoms with Crippen molar-refractivity contribution in [2.24, 2.45) is 0 Å². The summed E-state index contributed by atoms with van der Waals surface area (Å²) in [6.45, 7) is 2.65. The Labute approximate surface area is 235 Å². The third-order valence-electron chi connectivity index (χ3n) is 8.24. The molecule has 202 valence electrons. The van der Waals surface area contributed by atoms with Crippen LogP contribution in [0.5, 0.6) is 5.75 Å². The molecule has 1 saturated heterocycles. The van der Waals surface area contributed by atoms with Crippen LogP contribution in [-0.2, 0) is 22.7 Å². The number of carbonyl (C=O) groups excluding carboxylic acids is 5. The Morgan fingerprint density at radius 3 is 2.63 bits per heavy atom. The van der Waals surface area contributed by atoms with Gasteiger partial charge in [0.05, 0.1) is 27.7 Å². The molecule has 0 saturated carbocycles.